The molecule has 2 N–H and O–H groups in total. The van der Waals surface area contributed by atoms with Gasteiger partial charge in [0.15, 0.2) is 0 Å². The van der Waals surface area contributed by atoms with Crippen molar-refractivity contribution in [3.63, 3.8) is 0 Å². The maximum absolute atomic E-state index is 5.95. The highest BCUT2D eigenvalue weighted by Gasteiger charge is 2.35. The van der Waals surface area contributed by atoms with Crippen LogP contribution in [0.3, 0.4) is 0 Å². The van der Waals surface area contributed by atoms with Gasteiger partial charge in [0.2, 0.25) is 0 Å². The molecule has 82 valence electrons. The molecule has 2 saturated carbocycles. The van der Waals surface area contributed by atoms with Crippen LogP contribution < -0.4 is 5.73 Å². The zero-order chi connectivity index (χ0) is 10.0. The van der Waals surface area contributed by atoms with Crippen molar-refractivity contribution in [2.24, 2.45) is 11.1 Å². The van der Waals surface area contributed by atoms with E-state index in [0.717, 1.165) is 12.6 Å². The van der Waals surface area contributed by atoms with Gasteiger partial charge in [-0.2, -0.15) is 0 Å². The predicted octanol–water partition coefficient (Wildman–Crippen LogP) is 1.99. The Morgan fingerprint density at radius 3 is 2.29 bits per heavy atom. The highest BCUT2D eigenvalue weighted by atomic mass is 15.1. The average Bonchev–Trinajstić information content (AvgIpc) is 2.50. The molecule has 0 aliphatic heterocycles. The number of hydrogen-bond donors (Lipinski definition) is 1. The van der Waals surface area contributed by atoms with Gasteiger partial charge in [-0.05, 0) is 44.7 Å². The van der Waals surface area contributed by atoms with E-state index in [-0.39, 0.29) is 0 Å². The molecule has 0 aromatic rings. The normalized spacial score (nSPS) is 26.8. The van der Waals surface area contributed by atoms with Crippen molar-refractivity contribution >= 4 is 0 Å². The lowest BCUT2D eigenvalue weighted by Crippen LogP contribution is -2.45. The summed E-state index contributed by atoms with van der Waals surface area (Å²) in [6.07, 6.45) is 9.78. The van der Waals surface area contributed by atoms with Gasteiger partial charge >= 0.3 is 0 Å². The predicted molar refractivity (Wildman–Crippen MR) is 60.2 cm³/mol. The first-order valence-corrected chi connectivity index (χ1v) is 6.16. The molecule has 14 heavy (non-hydrogen) atoms. The molecule has 0 spiro atoms. The molecule has 0 radical (unpaired) electrons. The first-order valence-electron chi connectivity index (χ1n) is 6.16. The van der Waals surface area contributed by atoms with Crippen LogP contribution in [0.1, 0.15) is 44.9 Å². The first kappa shape index (κ1) is 10.4. The van der Waals surface area contributed by atoms with Crippen molar-refractivity contribution < 1.29 is 0 Å². The Balaban J connectivity index is 1.86. The second-order valence-electron chi connectivity index (χ2n) is 5.41. The van der Waals surface area contributed by atoms with Gasteiger partial charge in [-0.1, -0.05) is 19.3 Å². The van der Waals surface area contributed by atoms with Crippen molar-refractivity contribution in [1.29, 1.82) is 0 Å². The Kier molecular flexibility index (Phi) is 3.13. The summed E-state index contributed by atoms with van der Waals surface area (Å²) in [5.41, 5.74) is 6.43. The fraction of sp³-hybridized carbons (Fsp3) is 1.00. The van der Waals surface area contributed by atoms with E-state index in [2.05, 4.69) is 11.9 Å². The van der Waals surface area contributed by atoms with E-state index in [1.54, 1.807) is 0 Å². The third-order valence-corrected chi connectivity index (χ3v) is 4.38. The number of nitrogens with zero attached hydrogens (tertiary/aromatic N) is 1. The second kappa shape index (κ2) is 4.19. The zero-order valence-electron chi connectivity index (χ0n) is 9.47. The highest BCUT2D eigenvalue weighted by Crippen LogP contribution is 2.39. The van der Waals surface area contributed by atoms with Crippen LogP contribution in [0.25, 0.3) is 0 Å². The second-order valence-corrected chi connectivity index (χ2v) is 5.41. The molecule has 2 heteroatoms. The third-order valence-electron chi connectivity index (χ3n) is 4.38. The minimum Gasteiger partial charge on any atom is -0.330 e. The Hall–Kier alpha value is -0.0800. The molecule has 0 heterocycles. The molecule has 0 aromatic carbocycles. The molecule has 0 aromatic heterocycles. The summed E-state index contributed by atoms with van der Waals surface area (Å²) >= 11 is 0. The van der Waals surface area contributed by atoms with Gasteiger partial charge < -0.3 is 10.6 Å². The molecule has 2 rings (SSSR count). The summed E-state index contributed by atoms with van der Waals surface area (Å²) < 4.78 is 0. The molecule has 2 aliphatic rings. The zero-order valence-corrected chi connectivity index (χ0v) is 9.47. The third kappa shape index (κ3) is 1.96. The Morgan fingerprint density at radius 1 is 1.21 bits per heavy atom. The van der Waals surface area contributed by atoms with E-state index < -0.39 is 0 Å². The molecule has 0 amide bonds. The van der Waals surface area contributed by atoms with Crippen molar-refractivity contribution in [3.8, 4) is 0 Å². The van der Waals surface area contributed by atoms with Crippen LogP contribution in [0, 0.1) is 5.41 Å². The number of nitrogens with two attached hydrogens (primary N) is 1. The van der Waals surface area contributed by atoms with Gasteiger partial charge in [0, 0.05) is 12.6 Å². The van der Waals surface area contributed by atoms with Gasteiger partial charge in [-0.3, -0.25) is 0 Å². The number of hydrogen-bond acceptors (Lipinski definition) is 2. The van der Waals surface area contributed by atoms with Crippen molar-refractivity contribution in [3.05, 3.63) is 0 Å². The summed E-state index contributed by atoms with van der Waals surface area (Å²) in [6.45, 7) is 2.14. The lowest BCUT2D eigenvalue weighted by Gasteiger charge is -2.40. The van der Waals surface area contributed by atoms with Crippen LogP contribution in [0.5, 0.6) is 0 Å². The largest absolute Gasteiger partial charge is 0.330 e. The average molecular weight is 196 g/mol. The van der Waals surface area contributed by atoms with Crippen LogP contribution in [0.4, 0.5) is 0 Å². The molecule has 0 bridgehead atoms. The minimum absolute atomic E-state index is 0.477. The van der Waals surface area contributed by atoms with Crippen molar-refractivity contribution in [2.45, 2.75) is 51.0 Å². The summed E-state index contributed by atoms with van der Waals surface area (Å²) in [7, 11) is 2.29. The maximum Gasteiger partial charge on any atom is 0.00924 e. The van der Waals surface area contributed by atoms with E-state index in [9.17, 15) is 0 Å². The molecular formula is C12H24N2. The summed E-state index contributed by atoms with van der Waals surface area (Å²) in [5.74, 6) is 0. The fourth-order valence-corrected chi connectivity index (χ4v) is 3.04. The summed E-state index contributed by atoms with van der Waals surface area (Å²) in [5, 5.41) is 0. The highest BCUT2D eigenvalue weighted by molar-refractivity contribution is 4.90. The van der Waals surface area contributed by atoms with E-state index >= 15 is 0 Å². The smallest absolute Gasteiger partial charge is 0.00924 e. The van der Waals surface area contributed by atoms with Crippen LogP contribution in [-0.4, -0.2) is 31.1 Å². The Morgan fingerprint density at radius 2 is 1.86 bits per heavy atom. The Bertz CT molecular complexity index is 181. The van der Waals surface area contributed by atoms with Gasteiger partial charge in [-0.25, -0.2) is 0 Å². The SMILES string of the molecule is CN(CC1(CN)CCCC1)C1CCC1. The number of rotatable bonds is 4. The van der Waals surface area contributed by atoms with Crippen LogP contribution in [0.2, 0.25) is 0 Å². The molecule has 0 saturated heterocycles. The van der Waals surface area contributed by atoms with Gasteiger partial charge in [-0.15, -0.1) is 0 Å². The van der Waals surface area contributed by atoms with Crippen molar-refractivity contribution in [1.82, 2.24) is 4.90 Å². The first-order chi connectivity index (χ1) is 6.76. The van der Waals surface area contributed by atoms with E-state index in [1.807, 2.05) is 0 Å². The van der Waals surface area contributed by atoms with Crippen molar-refractivity contribution in [2.75, 3.05) is 20.1 Å². The molecular weight excluding hydrogens is 172 g/mol. The monoisotopic (exact) mass is 196 g/mol. The maximum atomic E-state index is 5.95. The molecule has 0 unspecified atom stereocenters. The lowest BCUT2D eigenvalue weighted by atomic mass is 9.83. The van der Waals surface area contributed by atoms with Crippen LogP contribution in [-0.2, 0) is 0 Å². The minimum atomic E-state index is 0.477. The van der Waals surface area contributed by atoms with Gasteiger partial charge in [0.1, 0.15) is 0 Å². The van der Waals surface area contributed by atoms with Gasteiger partial charge in [0.25, 0.3) is 0 Å². The van der Waals surface area contributed by atoms with E-state index in [1.165, 1.54) is 51.5 Å². The van der Waals surface area contributed by atoms with E-state index in [4.69, 9.17) is 5.73 Å². The van der Waals surface area contributed by atoms with Gasteiger partial charge in [0.05, 0.1) is 0 Å². The molecule has 2 fully saturated rings. The topological polar surface area (TPSA) is 29.3 Å². The molecule has 2 aliphatic carbocycles. The van der Waals surface area contributed by atoms with Crippen LogP contribution >= 0.6 is 0 Å². The fourth-order valence-electron chi connectivity index (χ4n) is 3.04. The summed E-state index contributed by atoms with van der Waals surface area (Å²) in [4.78, 5) is 2.57. The quantitative estimate of drug-likeness (QED) is 0.745. The Labute approximate surface area is 87.8 Å². The summed E-state index contributed by atoms with van der Waals surface area (Å²) in [6, 6.07) is 0.874. The molecule has 0 atom stereocenters. The van der Waals surface area contributed by atoms with Crippen LogP contribution in [0.15, 0.2) is 0 Å². The lowest BCUT2D eigenvalue weighted by molar-refractivity contribution is 0.0987. The van der Waals surface area contributed by atoms with E-state index in [0.29, 0.717) is 5.41 Å². The molecule has 2 nitrogen and oxygen atoms in total. The standard InChI is InChI=1S/C12H24N2/c1-14(11-5-4-6-11)10-12(9-13)7-2-3-8-12/h11H,2-10,13H2,1H3.